The molecule has 8 nitrogen and oxygen atoms in total. The number of piperazine rings is 1. The smallest absolute Gasteiger partial charge is 0.305 e. The third-order valence-corrected chi connectivity index (χ3v) is 7.20. The Bertz CT molecular complexity index is 1320. The number of ether oxygens (including phenoxy) is 1. The molecule has 8 heteroatoms. The first-order valence-corrected chi connectivity index (χ1v) is 14.1. The Balaban J connectivity index is 1.45. The minimum Gasteiger partial charge on any atom is -0.466 e. The maximum atomic E-state index is 13.0. The lowest BCUT2D eigenvalue weighted by molar-refractivity contribution is -0.143. The monoisotopic (exact) mass is 545 g/mol. The minimum absolute atomic E-state index is 0.0106. The van der Waals surface area contributed by atoms with Crippen LogP contribution in [0.25, 0.3) is 0 Å². The van der Waals surface area contributed by atoms with Gasteiger partial charge in [0, 0.05) is 50.3 Å². The number of nitrogens with zero attached hydrogens (tertiary/aromatic N) is 2. The maximum Gasteiger partial charge on any atom is 0.305 e. The number of para-hydroxylation sites is 1. The second-order valence-corrected chi connectivity index (χ2v) is 10.1. The van der Waals surface area contributed by atoms with Gasteiger partial charge in [-0.1, -0.05) is 24.6 Å². The number of unbranched alkanes of at least 4 members (excludes halogenated alkanes) is 2. The number of nitrogens with one attached hydrogen (secondary N) is 1. The zero-order valence-electron chi connectivity index (χ0n) is 23.7. The average molecular weight is 546 g/mol. The molecule has 1 amide bonds. The summed E-state index contributed by atoms with van der Waals surface area (Å²) in [5.41, 5.74) is 4.52. The van der Waals surface area contributed by atoms with E-state index in [2.05, 4.69) is 46.3 Å². The second kappa shape index (κ2) is 13.8. The number of anilines is 3. The molecule has 40 heavy (non-hydrogen) atoms. The van der Waals surface area contributed by atoms with Crippen LogP contribution in [0, 0.1) is 13.8 Å². The van der Waals surface area contributed by atoms with Gasteiger partial charge < -0.3 is 24.3 Å². The summed E-state index contributed by atoms with van der Waals surface area (Å²) < 4.78 is 10.5. The van der Waals surface area contributed by atoms with Crippen LogP contribution in [-0.2, 0) is 9.53 Å². The molecule has 4 rings (SSSR count). The maximum absolute atomic E-state index is 13.0. The lowest BCUT2D eigenvalue weighted by Gasteiger charge is -2.38. The van der Waals surface area contributed by atoms with Gasteiger partial charge in [0.2, 0.25) is 0 Å². The lowest BCUT2D eigenvalue weighted by atomic mass is 10.0. The molecule has 0 saturated carbocycles. The van der Waals surface area contributed by atoms with Crippen molar-refractivity contribution in [1.82, 2.24) is 0 Å². The molecule has 0 radical (unpaired) electrons. The number of aryl methyl sites for hydroxylation is 2. The van der Waals surface area contributed by atoms with Crippen molar-refractivity contribution in [3.05, 3.63) is 77.2 Å². The molecular weight excluding hydrogens is 506 g/mol. The van der Waals surface area contributed by atoms with Crippen LogP contribution in [0.2, 0.25) is 0 Å². The number of carbonyl (C=O) groups is 3. The van der Waals surface area contributed by atoms with E-state index in [4.69, 9.17) is 9.15 Å². The number of ketones is 1. The molecule has 0 unspecified atom stereocenters. The summed E-state index contributed by atoms with van der Waals surface area (Å²) in [5, 5.41) is 2.99. The highest BCUT2D eigenvalue weighted by Crippen LogP contribution is 2.31. The van der Waals surface area contributed by atoms with Crippen LogP contribution in [0.3, 0.4) is 0 Å². The van der Waals surface area contributed by atoms with Crippen molar-refractivity contribution in [3.63, 3.8) is 0 Å². The zero-order chi connectivity index (χ0) is 28.5. The molecule has 1 N–H and O–H groups in total. The van der Waals surface area contributed by atoms with Gasteiger partial charge in [0.15, 0.2) is 11.5 Å². The van der Waals surface area contributed by atoms with Gasteiger partial charge in [-0.2, -0.15) is 0 Å². The molecule has 3 aromatic rings. The highest BCUT2D eigenvalue weighted by Gasteiger charge is 2.23. The van der Waals surface area contributed by atoms with Gasteiger partial charge in [0.25, 0.3) is 5.91 Å². The highest BCUT2D eigenvalue weighted by molar-refractivity contribution is 6.06. The topological polar surface area (TPSA) is 92.1 Å². The van der Waals surface area contributed by atoms with Crippen molar-refractivity contribution < 1.29 is 23.5 Å². The first-order chi connectivity index (χ1) is 19.4. The van der Waals surface area contributed by atoms with Crippen LogP contribution in [0.4, 0.5) is 17.1 Å². The van der Waals surface area contributed by atoms with E-state index < -0.39 is 0 Å². The minimum atomic E-state index is -0.350. The molecule has 2 heterocycles. The van der Waals surface area contributed by atoms with E-state index in [1.807, 2.05) is 12.1 Å². The van der Waals surface area contributed by atoms with Crippen molar-refractivity contribution in [2.24, 2.45) is 0 Å². The number of esters is 1. The van der Waals surface area contributed by atoms with Crippen molar-refractivity contribution in [1.29, 1.82) is 0 Å². The summed E-state index contributed by atoms with van der Waals surface area (Å²) in [6, 6.07) is 17.3. The van der Waals surface area contributed by atoms with Crippen molar-refractivity contribution in [3.8, 4) is 0 Å². The Morgan fingerprint density at radius 2 is 1.55 bits per heavy atom. The standard InChI is InChI=1S/C32H39N3O5/c1-4-39-31(37)13-7-5-6-12-29(36)25-15-16-28(26(22-25)33-32(38)30-17-14-24(3)40-30)35-20-18-34(19-21-35)27-11-9-8-10-23(27)2/h8-11,14-17,22H,4-7,12-13,18-21H2,1-3H3,(H,33,38). The summed E-state index contributed by atoms with van der Waals surface area (Å²) in [5.74, 6) is 0.347. The number of hydrogen-bond donors (Lipinski definition) is 1. The summed E-state index contributed by atoms with van der Waals surface area (Å²) in [6.07, 6.45) is 2.91. The number of Topliss-reactive ketones (excluding diaryl/α,β-unsaturated/α-hetero) is 1. The fourth-order valence-corrected chi connectivity index (χ4v) is 5.04. The van der Waals surface area contributed by atoms with E-state index in [0.717, 1.165) is 38.3 Å². The zero-order valence-corrected chi connectivity index (χ0v) is 23.7. The number of carbonyl (C=O) groups excluding carboxylic acids is 3. The summed E-state index contributed by atoms with van der Waals surface area (Å²) in [7, 11) is 0. The Kier molecular flexibility index (Phi) is 10.00. The second-order valence-electron chi connectivity index (χ2n) is 10.1. The Hall–Kier alpha value is -4.07. The van der Waals surface area contributed by atoms with Crippen molar-refractivity contribution >= 4 is 34.7 Å². The number of furan rings is 1. The normalized spacial score (nSPS) is 13.3. The van der Waals surface area contributed by atoms with E-state index in [-0.39, 0.29) is 23.4 Å². The van der Waals surface area contributed by atoms with Gasteiger partial charge in [0.1, 0.15) is 5.76 Å². The molecule has 0 aliphatic carbocycles. The van der Waals surface area contributed by atoms with E-state index in [0.29, 0.717) is 49.3 Å². The van der Waals surface area contributed by atoms with Crippen LogP contribution < -0.4 is 15.1 Å². The number of hydrogen-bond acceptors (Lipinski definition) is 7. The van der Waals surface area contributed by atoms with Gasteiger partial charge in [-0.3, -0.25) is 14.4 Å². The van der Waals surface area contributed by atoms with E-state index in [9.17, 15) is 14.4 Å². The highest BCUT2D eigenvalue weighted by atomic mass is 16.5. The molecule has 2 aromatic carbocycles. The molecule has 0 bridgehead atoms. The predicted octanol–water partition coefficient (Wildman–Crippen LogP) is 6.17. The fourth-order valence-electron chi connectivity index (χ4n) is 5.04. The average Bonchev–Trinajstić information content (AvgIpc) is 3.40. The van der Waals surface area contributed by atoms with Crippen molar-refractivity contribution in [2.75, 3.05) is 47.9 Å². The van der Waals surface area contributed by atoms with Crippen LogP contribution in [0.1, 0.15) is 71.3 Å². The fraction of sp³-hybridized carbons (Fsp3) is 0.406. The Labute approximate surface area is 236 Å². The van der Waals surface area contributed by atoms with E-state index >= 15 is 0 Å². The number of benzene rings is 2. The number of rotatable bonds is 12. The molecule has 1 aromatic heterocycles. The van der Waals surface area contributed by atoms with Gasteiger partial charge in [-0.25, -0.2) is 0 Å². The first-order valence-electron chi connectivity index (χ1n) is 14.1. The van der Waals surface area contributed by atoms with Crippen LogP contribution in [0.5, 0.6) is 0 Å². The van der Waals surface area contributed by atoms with Gasteiger partial charge in [0.05, 0.1) is 18.0 Å². The molecule has 1 aliphatic rings. The Morgan fingerprint density at radius 3 is 2.23 bits per heavy atom. The SMILES string of the molecule is CCOC(=O)CCCCCC(=O)c1ccc(N2CCN(c3ccccc3C)CC2)c(NC(=O)c2ccc(C)o2)c1. The van der Waals surface area contributed by atoms with E-state index in [1.54, 1.807) is 32.0 Å². The van der Waals surface area contributed by atoms with Gasteiger partial charge >= 0.3 is 5.97 Å². The van der Waals surface area contributed by atoms with Crippen LogP contribution >= 0.6 is 0 Å². The Morgan fingerprint density at radius 1 is 0.850 bits per heavy atom. The summed E-state index contributed by atoms with van der Waals surface area (Å²) in [6.45, 7) is 9.36. The van der Waals surface area contributed by atoms with Crippen LogP contribution in [-0.4, -0.2) is 50.4 Å². The number of amides is 1. The predicted molar refractivity (Wildman–Crippen MR) is 157 cm³/mol. The third-order valence-electron chi connectivity index (χ3n) is 7.20. The lowest BCUT2D eigenvalue weighted by Crippen LogP contribution is -2.47. The van der Waals surface area contributed by atoms with Crippen molar-refractivity contribution in [2.45, 2.75) is 52.9 Å². The van der Waals surface area contributed by atoms with Gasteiger partial charge in [-0.15, -0.1) is 0 Å². The van der Waals surface area contributed by atoms with Gasteiger partial charge in [-0.05, 0) is 75.6 Å². The molecule has 1 saturated heterocycles. The molecule has 0 spiro atoms. The largest absolute Gasteiger partial charge is 0.466 e. The summed E-state index contributed by atoms with van der Waals surface area (Å²) in [4.78, 5) is 42.2. The van der Waals surface area contributed by atoms with Crippen LogP contribution in [0.15, 0.2) is 59.0 Å². The summed E-state index contributed by atoms with van der Waals surface area (Å²) >= 11 is 0. The van der Waals surface area contributed by atoms with E-state index in [1.165, 1.54) is 11.3 Å². The molecule has 1 fully saturated rings. The molecule has 0 atom stereocenters. The molecular formula is C32H39N3O5. The quantitative estimate of drug-likeness (QED) is 0.165. The molecule has 1 aliphatic heterocycles. The third kappa shape index (κ3) is 7.52. The molecule has 212 valence electrons. The first kappa shape index (κ1) is 28.9.